The zero-order valence-electron chi connectivity index (χ0n) is 23.9. The van der Waals surface area contributed by atoms with Gasteiger partial charge in [0.2, 0.25) is 0 Å². The number of ether oxygens (including phenoxy) is 1. The minimum atomic E-state index is -0.700. The highest BCUT2D eigenvalue weighted by Gasteiger charge is 2.32. The third kappa shape index (κ3) is 5.36. The number of para-hydroxylation sites is 1. The molecule has 1 N–H and O–H groups in total. The molecule has 3 aromatic carbocycles. The molecule has 44 heavy (non-hydrogen) atoms. The van der Waals surface area contributed by atoms with Crippen LogP contribution in [0, 0.1) is 17.0 Å². The number of nitrogens with zero attached hydrogens (tertiary/aromatic N) is 3. The Bertz CT molecular complexity index is 2130. The number of aryl methyl sites for hydroxylation is 1. The van der Waals surface area contributed by atoms with Gasteiger partial charge in [-0.25, -0.2) is 4.99 Å². The fourth-order valence-corrected chi connectivity index (χ4v) is 6.12. The lowest BCUT2D eigenvalue weighted by Gasteiger charge is -2.25. The summed E-state index contributed by atoms with van der Waals surface area (Å²) >= 11 is 1.20. The van der Waals surface area contributed by atoms with Gasteiger partial charge in [-0.15, -0.1) is 0 Å². The van der Waals surface area contributed by atoms with Crippen molar-refractivity contribution in [3.63, 3.8) is 0 Å². The van der Waals surface area contributed by atoms with E-state index in [1.165, 1.54) is 30.6 Å². The number of anilines is 1. The number of hydrogen-bond acceptors (Lipinski definition) is 8. The first-order valence-corrected chi connectivity index (χ1v) is 14.4. The number of carbonyl (C=O) groups is 1. The quantitative estimate of drug-likeness (QED) is 0.196. The number of nitrogens with one attached hydrogen (secondary N) is 1. The molecule has 2 aromatic heterocycles. The van der Waals surface area contributed by atoms with Crippen molar-refractivity contribution in [2.45, 2.75) is 19.9 Å². The Labute approximate surface area is 255 Å². The van der Waals surface area contributed by atoms with E-state index in [-0.39, 0.29) is 22.9 Å². The van der Waals surface area contributed by atoms with Gasteiger partial charge in [0.1, 0.15) is 17.3 Å². The number of benzene rings is 3. The lowest BCUT2D eigenvalue weighted by Crippen LogP contribution is -2.40. The summed E-state index contributed by atoms with van der Waals surface area (Å²) < 4.78 is 13.3. The average molecular weight is 607 g/mol. The molecule has 0 saturated carbocycles. The molecule has 1 atom stereocenters. The molecule has 1 amide bonds. The van der Waals surface area contributed by atoms with Crippen LogP contribution in [0.4, 0.5) is 11.4 Å². The Balaban J connectivity index is 1.43. The van der Waals surface area contributed by atoms with Gasteiger partial charge >= 0.3 is 0 Å². The Morgan fingerprint density at radius 1 is 1.07 bits per heavy atom. The van der Waals surface area contributed by atoms with Crippen molar-refractivity contribution in [3.8, 4) is 17.1 Å². The zero-order chi connectivity index (χ0) is 31.0. The van der Waals surface area contributed by atoms with Crippen LogP contribution in [-0.2, 0) is 4.79 Å². The molecule has 10 nitrogen and oxygen atoms in total. The average Bonchev–Trinajstić information content (AvgIpc) is 3.60. The van der Waals surface area contributed by atoms with E-state index in [4.69, 9.17) is 9.15 Å². The number of fused-ring (bicyclic) bond motifs is 1. The highest BCUT2D eigenvalue weighted by Crippen LogP contribution is 2.35. The second kappa shape index (κ2) is 11.6. The van der Waals surface area contributed by atoms with Gasteiger partial charge in [-0.3, -0.25) is 24.3 Å². The van der Waals surface area contributed by atoms with Crippen LogP contribution in [0.2, 0.25) is 0 Å². The van der Waals surface area contributed by atoms with Gasteiger partial charge in [0.05, 0.1) is 45.5 Å². The SMILES string of the molecule is COc1cc([N+](=O)[O-])ccc1-c1ccc(/C=c2\sc3n(c2=O)[C@H](c2ccc(C)cc2)C(C(=O)Nc2ccccc2)=C(C)N=3)o1. The molecule has 0 spiro atoms. The number of amides is 1. The molecular formula is C33H26N4O6S. The van der Waals surface area contributed by atoms with Crippen LogP contribution >= 0.6 is 11.3 Å². The van der Waals surface area contributed by atoms with Crippen LogP contribution in [0.3, 0.4) is 0 Å². The first-order chi connectivity index (χ1) is 21.2. The van der Waals surface area contributed by atoms with E-state index in [1.807, 2.05) is 49.4 Å². The molecule has 0 unspecified atom stereocenters. The predicted octanol–water partition coefficient (Wildman–Crippen LogP) is 5.36. The normalized spacial score (nSPS) is 14.6. The number of furan rings is 1. The maximum Gasteiger partial charge on any atom is 0.273 e. The molecular weight excluding hydrogens is 580 g/mol. The summed E-state index contributed by atoms with van der Waals surface area (Å²) in [5.41, 5.74) is 3.47. The Morgan fingerprint density at radius 2 is 1.82 bits per heavy atom. The first kappa shape index (κ1) is 28.6. The summed E-state index contributed by atoms with van der Waals surface area (Å²) in [6.07, 6.45) is 1.63. The number of thiazole rings is 1. The lowest BCUT2D eigenvalue weighted by atomic mass is 9.94. The monoisotopic (exact) mass is 606 g/mol. The van der Waals surface area contributed by atoms with Crippen LogP contribution in [0.25, 0.3) is 17.4 Å². The summed E-state index contributed by atoms with van der Waals surface area (Å²) in [5, 5.41) is 14.1. The number of nitro benzene ring substituents is 1. The molecule has 0 saturated heterocycles. The summed E-state index contributed by atoms with van der Waals surface area (Å²) in [5.74, 6) is 0.763. The molecule has 6 rings (SSSR count). The number of rotatable bonds is 7. The van der Waals surface area contributed by atoms with E-state index in [0.29, 0.717) is 43.4 Å². The summed E-state index contributed by atoms with van der Waals surface area (Å²) in [6, 6.07) is 23.8. The number of methoxy groups -OCH3 is 1. The molecule has 5 aromatic rings. The van der Waals surface area contributed by atoms with Crippen LogP contribution in [-0.4, -0.2) is 22.5 Å². The number of hydrogen-bond donors (Lipinski definition) is 1. The highest BCUT2D eigenvalue weighted by atomic mass is 32.1. The second-order valence-corrected chi connectivity index (χ2v) is 11.2. The van der Waals surface area contributed by atoms with Crippen LogP contribution < -0.4 is 24.9 Å². The number of non-ortho nitro benzene ring substituents is 1. The van der Waals surface area contributed by atoms with Crippen molar-refractivity contribution < 1.29 is 18.9 Å². The maximum atomic E-state index is 14.0. The van der Waals surface area contributed by atoms with Gasteiger partial charge in [-0.05, 0) is 49.7 Å². The fourth-order valence-electron chi connectivity index (χ4n) is 5.10. The fraction of sp³-hybridized carbons (Fsp3) is 0.121. The topological polar surface area (TPSA) is 129 Å². The number of nitro groups is 1. The van der Waals surface area contributed by atoms with Crippen molar-refractivity contribution in [1.82, 2.24) is 4.57 Å². The summed E-state index contributed by atoms with van der Waals surface area (Å²) in [7, 11) is 1.42. The van der Waals surface area contributed by atoms with E-state index in [1.54, 1.807) is 47.9 Å². The van der Waals surface area contributed by atoms with E-state index >= 15 is 0 Å². The number of allylic oxidation sites excluding steroid dienone is 1. The smallest absolute Gasteiger partial charge is 0.273 e. The van der Waals surface area contributed by atoms with Crippen LogP contribution in [0.1, 0.15) is 29.9 Å². The van der Waals surface area contributed by atoms with Crippen LogP contribution in [0.5, 0.6) is 5.75 Å². The second-order valence-electron chi connectivity index (χ2n) is 10.2. The molecule has 3 heterocycles. The minimum Gasteiger partial charge on any atom is -0.496 e. The molecule has 0 radical (unpaired) electrons. The van der Waals surface area contributed by atoms with E-state index in [9.17, 15) is 19.7 Å². The largest absolute Gasteiger partial charge is 0.496 e. The molecule has 1 aliphatic rings. The summed E-state index contributed by atoms with van der Waals surface area (Å²) in [6.45, 7) is 3.75. The summed E-state index contributed by atoms with van der Waals surface area (Å²) in [4.78, 5) is 43.5. The maximum absolute atomic E-state index is 14.0. The molecule has 0 bridgehead atoms. The number of carbonyl (C=O) groups excluding carboxylic acids is 1. The van der Waals surface area contributed by atoms with E-state index < -0.39 is 11.0 Å². The van der Waals surface area contributed by atoms with Gasteiger partial charge in [-0.1, -0.05) is 59.4 Å². The molecule has 1 aliphatic heterocycles. The van der Waals surface area contributed by atoms with Crippen molar-refractivity contribution in [2.75, 3.05) is 12.4 Å². The standard InChI is InChI=1S/C33H26N4O6S/c1-19-9-11-21(12-10-19)30-29(31(38)35-22-7-5-4-6-8-22)20(2)34-33-36(30)32(39)28(44-33)18-24-14-16-26(43-24)25-15-13-23(37(40)41)17-27(25)42-3/h4-18,30H,1-3H3,(H,35,38)/b28-18-/t30-/m1/s1. The molecule has 0 aliphatic carbocycles. The molecule has 0 fully saturated rings. The number of aromatic nitrogens is 1. The van der Waals surface area contributed by atoms with E-state index in [0.717, 1.165) is 11.1 Å². The van der Waals surface area contributed by atoms with Gasteiger partial charge in [0.25, 0.3) is 17.2 Å². The Kier molecular flexibility index (Phi) is 7.54. The van der Waals surface area contributed by atoms with Crippen LogP contribution in [0.15, 0.2) is 110 Å². The Hall–Kier alpha value is -5.55. The first-order valence-electron chi connectivity index (χ1n) is 13.6. The van der Waals surface area contributed by atoms with Gasteiger partial charge in [0.15, 0.2) is 4.80 Å². The predicted molar refractivity (Wildman–Crippen MR) is 167 cm³/mol. The van der Waals surface area contributed by atoms with Crippen molar-refractivity contribution in [3.05, 3.63) is 143 Å². The molecule has 11 heteroatoms. The Morgan fingerprint density at radius 3 is 2.52 bits per heavy atom. The van der Waals surface area contributed by atoms with Gasteiger partial charge < -0.3 is 14.5 Å². The van der Waals surface area contributed by atoms with E-state index in [2.05, 4.69) is 10.3 Å². The van der Waals surface area contributed by atoms with Gasteiger partial charge in [-0.2, -0.15) is 0 Å². The van der Waals surface area contributed by atoms with Crippen molar-refractivity contribution in [1.29, 1.82) is 0 Å². The lowest BCUT2D eigenvalue weighted by molar-refractivity contribution is -0.384. The third-order valence-corrected chi connectivity index (χ3v) is 8.24. The molecule has 220 valence electrons. The van der Waals surface area contributed by atoms with Crippen molar-refractivity contribution >= 4 is 34.7 Å². The highest BCUT2D eigenvalue weighted by molar-refractivity contribution is 7.07. The zero-order valence-corrected chi connectivity index (χ0v) is 24.8. The third-order valence-electron chi connectivity index (χ3n) is 7.25. The van der Waals surface area contributed by atoms with Gasteiger partial charge in [0, 0.05) is 17.8 Å². The minimum absolute atomic E-state index is 0.103. The van der Waals surface area contributed by atoms with Crippen molar-refractivity contribution in [2.24, 2.45) is 4.99 Å².